The Morgan fingerprint density at radius 3 is 1.88 bits per heavy atom. The molecule has 0 aromatic heterocycles. The molecule has 0 bridgehead atoms. The van der Waals surface area contributed by atoms with E-state index in [0.717, 1.165) is 6.54 Å². The normalized spacial score (nSPS) is 13.7. The Balaban J connectivity index is 5.42. The summed E-state index contributed by atoms with van der Waals surface area (Å²) in [5.74, 6) is -3.00. The molecule has 0 fully saturated rings. The Labute approximate surface area is 189 Å². The lowest BCUT2D eigenvalue weighted by Crippen LogP contribution is -2.56. The molecule has 10 N–H and O–H groups in total. The second-order valence-corrected chi connectivity index (χ2v) is 7.94. The highest BCUT2D eigenvalue weighted by Gasteiger charge is 2.29. The predicted molar refractivity (Wildman–Crippen MR) is 119 cm³/mol. The van der Waals surface area contributed by atoms with Crippen molar-refractivity contribution in [3.63, 3.8) is 0 Å². The molecule has 183 valence electrons. The Morgan fingerprint density at radius 2 is 1.41 bits per heavy atom. The summed E-state index contributed by atoms with van der Waals surface area (Å²) in [5, 5.41) is 10.2. The SMILES string of the molecule is CN[CH]C(=O)NC(CCC(N)=O)C(=O)NC(CCCCN)C(=O)NC(CC(C)C)C(N)=O. The minimum atomic E-state index is -1.09. The molecule has 0 aromatic carbocycles. The maximum atomic E-state index is 12.8. The highest BCUT2D eigenvalue weighted by molar-refractivity contribution is 5.95. The summed E-state index contributed by atoms with van der Waals surface area (Å²) in [4.78, 5) is 60.4. The third-order valence-corrected chi connectivity index (χ3v) is 4.53. The number of nitrogens with two attached hydrogens (primary N) is 3. The molecule has 12 heteroatoms. The van der Waals surface area contributed by atoms with Crippen molar-refractivity contribution in [3.8, 4) is 0 Å². The maximum absolute atomic E-state index is 12.8. The van der Waals surface area contributed by atoms with E-state index in [-0.39, 0.29) is 25.2 Å². The monoisotopic (exact) mass is 456 g/mol. The van der Waals surface area contributed by atoms with E-state index in [1.165, 1.54) is 7.05 Å². The summed E-state index contributed by atoms with van der Waals surface area (Å²) < 4.78 is 0. The molecule has 0 spiro atoms. The lowest BCUT2D eigenvalue weighted by atomic mass is 10.0. The zero-order valence-electron chi connectivity index (χ0n) is 19.1. The van der Waals surface area contributed by atoms with E-state index in [9.17, 15) is 24.0 Å². The number of likely N-dealkylation sites (N-methyl/N-ethyl adjacent to an activating group) is 1. The highest BCUT2D eigenvalue weighted by Crippen LogP contribution is 2.08. The lowest BCUT2D eigenvalue weighted by molar-refractivity contribution is -0.133. The fourth-order valence-corrected chi connectivity index (χ4v) is 2.92. The molecule has 3 atom stereocenters. The van der Waals surface area contributed by atoms with Gasteiger partial charge < -0.3 is 38.5 Å². The average Bonchev–Trinajstić information content (AvgIpc) is 2.69. The molecule has 0 saturated heterocycles. The van der Waals surface area contributed by atoms with Crippen molar-refractivity contribution in [1.29, 1.82) is 0 Å². The summed E-state index contributed by atoms with van der Waals surface area (Å²) in [6, 6.07) is -2.96. The number of rotatable bonds is 17. The Hall–Kier alpha value is -2.73. The van der Waals surface area contributed by atoms with Gasteiger partial charge in [-0.3, -0.25) is 24.0 Å². The zero-order chi connectivity index (χ0) is 24.7. The van der Waals surface area contributed by atoms with Gasteiger partial charge in [0, 0.05) is 6.42 Å². The van der Waals surface area contributed by atoms with Crippen LogP contribution in [0.4, 0.5) is 0 Å². The number of amides is 5. The second kappa shape index (κ2) is 16.0. The molecular formula is C20H38N7O5. The molecular weight excluding hydrogens is 418 g/mol. The molecule has 32 heavy (non-hydrogen) atoms. The first kappa shape index (κ1) is 29.3. The van der Waals surface area contributed by atoms with Crippen LogP contribution in [0.1, 0.15) is 52.4 Å². The van der Waals surface area contributed by atoms with Gasteiger partial charge in [0.25, 0.3) is 0 Å². The molecule has 5 amide bonds. The van der Waals surface area contributed by atoms with Gasteiger partial charge >= 0.3 is 0 Å². The van der Waals surface area contributed by atoms with Gasteiger partial charge in [-0.15, -0.1) is 0 Å². The van der Waals surface area contributed by atoms with E-state index in [4.69, 9.17) is 17.2 Å². The standard InChI is InChI=1S/C20H38N7O5/c1-12(2)10-15(18(23)30)27-19(31)13(6-4-5-9-21)26-20(32)14(7-8-16(22)28)25-17(29)11-24-3/h11-15,24H,4-10,21H2,1-3H3,(H2,22,28)(H2,23,30)(H,25,29)(H,26,32)(H,27,31). The van der Waals surface area contributed by atoms with E-state index < -0.39 is 47.7 Å². The predicted octanol–water partition coefficient (Wildman–Crippen LogP) is -2.25. The van der Waals surface area contributed by atoms with Crippen molar-refractivity contribution in [2.24, 2.45) is 23.1 Å². The molecule has 0 aromatic rings. The van der Waals surface area contributed by atoms with Crippen molar-refractivity contribution >= 4 is 29.5 Å². The molecule has 12 nitrogen and oxygen atoms in total. The molecule has 0 rings (SSSR count). The van der Waals surface area contributed by atoms with Crippen LogP contribution in [-0.4, -0.2) is 61.3 Å². The fourth-order valence-electron chi connectivity index (χ4n) is 2.92. The molecule has 0 aliphatic rings. The number of carbonyl (C=O) groups is 5. The summed E-state index contributed by atoms with van der Waals surface area (Å²) in [7, 11) is 1.52. The van der Waals surface area contributed by atoms with Gasteiger partial charge in [-0.1, -0.05) is 13.8 Å². The van der Waals surface area contributed by atoms with Gasteiger partial charge in [0.1, 0.15) is 24.7 Å². The number of hydrogen-bond acceptors (Lipinski definition) is 7. The van der Waals surface area contributed by atoms with Crippen LogP contribution in [0.3, 0.4) is 0 Å². The molecule has 1 radical (unpaired) electrons. The van der Waals surface area contributed by atoms with Crippen LogP contribution in [-0.2, 0) is 24.0 Å². The number of carbonyl (C=O) groups excluding carboxylic acids is 5. The van der Waals surface area contributed by atoms with Gasteiger partial charge in [-0.25, -0.2) is 0 Å². The van der Waals surface area contributed by atoms with Crippen molar-refractivity contribution in [3.05, 3.63) is 6.54 Å². The van der Waals surface area contributed by atoms with Crippen molar-refractivity contribution < 1.29 is 24.0 Å². The first-order chi connectivity index (χ1) is 15.0. The van der Waals surface area contributed by atoms with E-state index in [0.29, 0.717) is 25.8 Å². The van der Waals surface area contributed by atoms with Crippen LogP contribution in [0.25, 0.3) is 0 Å². The van der Waals surface area contributed by atoms with Crippen LogP contribution in [0.15, 0.2) is 0 Å². The molecule has 3 unspecified atom stereocenters. The van der Waals surface area contributed by atoms with Crippen molar-refractivity contribution in [2.75, 3.05) is 13.6 Å². The third-order valence-electron chi connectivity index (χ3n) is 4.53. The maximum Gasteiger partial charge on any atom is 0.243 e. The van der Waals surface area contributed by atoms with Crippen molar-refractivity contribution in [2.45, 2.75) is 70.5 Å². The van der Waals surface area contributed by atoms with Gasteiger partial charge in [-0.2, -0.15) is 0 Å². The highest BCUT2D eigenvalue weighted by atomic mass is 16.2. The molecule has 0 heterocycles. The summed E-state index contributed by atoms with van der Waals surface area (Å²) in [6.07, 6.45) is 1.61. The summed E-state index contributed by atoms with van der Waals surface area (Å²) in [5.41, 5.74) is 16.1. The zero-order valence-corrected chi connectivity index (χ0v) is 19.1. The molecule has 0 saturated carbocycles. The minimum Gasteiger partial charge on any atom is -0.370 e. The van der Waals surface area contributed by atoms with Crippen LogP contribution in [0.2, 0.25) is 0 Å². The van der Waals surface area contributed by atoms with E-state index in [1.54, 1.807) is 0 Å². The molecule has 0 aliphatic heterocycles. The van der Waals surface area contributed by atoms with E-state index in [1.807, 2.05) is 13.8 Å². The largest absolute Gasteiger partial charge is 0.370 e. The van der Waals surface area contributed by atoms with Crippen molar-refractivity contribution in [1.82, 2.24) is 21.3 Å². The van der Waals surface area contributed by atoms with Gasteiger partial charge in [0.15, 0.2) is 0 Å². The Morgan fingerprint density at radius 1 is 0.844 bits per heavy atom. The molecule has 0 aliphatic carbocycles. The van der Waals surface area contributed by atoms with Crippen LogP contribution >= 0.6 is 0 Å². The summed E-state index contributed by atoms with van der Waals surface area (Å²) >= 11 is 0. The third kappa shape index (κ3) is 12.8. The lowest BCUT2D eigenvalue weighted by Gasteiger charge is -2.25. The smallest absolute Gasteiger partial charge is 0.243 e. The number of primary amides is 2. The van der Waals surface area contributed by atoms with E-state index >= 15 is 0 Å². The van der Waals surface area contributed by atoms with Gasteiger partial charge in [0.05, 0.1) is 0 Å². The van der Waals surface area contributed by atoms with Crippen LogP contribution in [0, 0.1) is 12.5 Å². The topological polar surface area (TPSA) is 212 Å². The number of hydrogen-bond donors (Lipinski definition) is 7. The fraction of sp³-hybridized carbons (Fsp3) is 0.700. The number of nitrogens with one attached hydrogen (secondary N) is 4. The number of unbranched alkanes of at least 4 members (excludes halogenated alkanes) is 1. The van der Waals surface area contributed by atoms with Gasteiger partial charge in [-0.05, 0) is 51.6 Å². The minimum absolute atomic E-state index is 0.0428. The van der Waals surface area contributed by atoms with Crippen LogP contribution < -0.4 is 38.5 Å². The Bertz CT molecular complexity index is 642. The quantitative estimate of drug-likeness (QED) is 0.119. The van der Waals surface area contributed by atoms with Crippen LogP contribution in [0.5, 0.6) is 0 Å². The summed E-state index contributed by atoms with van der Waals surface area (Å²) in [6.45, 7) is 5.30. The first-order valence-corrected chi connectivity index (χ1v) is 10.7. The van der Waals surface area contributed by atoms with Gasteiger partial charge in [0.2, 0.25) is 29.5 Å². The second-order valence-electron chi connectivity index (χ2n) is 7.94. The first-order valence-electron chi connectivity index (χ1n) is 10.7. The average molecular weight is 457 g/mol. The van der Waals surface area contributed by atoms with E-state index in [2.05, 4.69) is 21.3 Å². The Kier molecular flexibility index (Phi) is 14.6.